The third-order valence-corrected chi connectivity index (χ3v) is 8.50. The topological polar surface area (TPSA) is 17.1 Å². The number of carbonyl (C=O) groups is 1. The van der Waals surface area contributed by atoms with Gasteiger partial charge in [0.15, 0.2) is 5.78 Å². The van der Waals surface area contributed by atoms with Crippen molar-refractivity contribution in [3.63, 3.8) is 0 Å². The van der Waals surface area contributed by atoms with E-state index in [9.17, 15) is 4.79 Å². The molecule has 0 unspecified atom stereocenters. The van der Waals surface area contributed by atoms with Crippen LogP contribution in [0.5, 0.6) is 0 Å². The molecule has 2 atom stereocenters. The van der Waals surface area contributed by atoms with E-state index in [-0.39, 0.29) is 17.1 Å². The lowest BCUT2D eigenvalue weighted by Crippen LogP contribution is -2.30. The van der Waals surface area contributed by atoms with Crippen LogP contribution >= 0.6 is 0 Å². The molecule has 0 aromatic heterocycles. The van der Waals surface area contributed by atoms with Gasteiger partial charge >= 0.3 is 0 Å². The highest BCUT2D eigenvalue weighted by Gasteiger charge is 2.53. The first kappa shape index (κ1) is 15.1. The predicted octanol–water partition coefficient (Wildman–Crippen LogP) is 6.98. The molecule has 0 saturated heterocycles. The van der Waals surface area contributed by atoms with Gasteiger partial charge in [0.05, 0.1) is 0 Å². The molecule has 1 spiro atoms. The fourth-order valence-corrected chi connectivity index (χ4v) is 7.41. The Morgan fingerprint density at radius 1 is 0.806 bits per heavy atom. The summed E-state index contributed by atoms with van der Waals surface area (Å²) in [4.78, 5) is 13.4. The number of hydrogen-bond acceptors (Lipinski definition) is 1. The van der Waals surface area contributed by atoms with Gasteiger partial charge in [0.25, 0.3) is 0 Å². The minimum Gasteiger partial charge on any atom is -0.289 e. The molecule has 0 fully saturated rings. The fraction of sp³-hybridized carbons (Fsp3) is 0.100. The summed E-state index contributed by atoms with van der Waals surface area (Å²) in [5.41, 5.74) is 8.96. The van der Waals surface area contributed by atoms with Gasteiger partial charge in [-0.3, -0.25) is 4.79 Å². The van der Waals surface area contributed by atoms with Crippen LogP contribution in [-0.2, 0) is 5.41 Å². The molecule has 1 heteroatoms. The maximum atomic E-state index is 13.4. The minimum atomic E-state index is -0.0947. The van der Waals surface area contributed by atoms with Crippen molar-refractivity contribution in [3.8, 4) is 0 Å². The van der Waals surface area contributed by atoms with Crippen molar-refractivity contribution in [2.75, 3.05) is 0 Å². The first-order chi connectivity index (χ1) is 15.3. The van der Waals surface area contributed by atoms with Crippen LogP contribution in [0, 0.1) is 0 Å². The second kappa shape index (κ2) is 4.48. The zero-order valence-corrected chi connectivity index (χ0v) is 16.7. The van der Waals surface area contributed by atoms with Gasteiger partial charge < -0.3 is 0 Å². The van der Waals surface area contributed by atoms with Gasteiger partial charge in [-0.25, -0.2) is 0 Å². The average Bonchev–Trinajstić information content (AvgIpc) is 3.09. The molecule has 5 aromatic carbocycles. The molecule has 5 aromatic rings. The number of hydrogen-bond donors (Lipinski definition) is 0. The van der Waals surface area contributed by atoms with E-state index in [1.54, 1.807) is 0 Å². The third-order valence-electron chi connectivity index (χ3n) is 8.50. The van der Waals surface area contributed by atoms with Crippen molar-refractivity contribution >= 4 is 49.7 Å². The molecule has 0 N–H and O–H groups in total. The van der Waals surface area contributed by atoms with Crippen LogP contribution in [0.4, 0.5) is 0 Å². The highest BCUT2D eigenvalue weighted by molar-refractivity contribution is 6.35. The van der Waals surface area contributed by atoms with E-state index in [1.165, 1.54) is 65.7 Å². The monoisotopic (exact) mass is 392 g/mol. The minimum absolute atomic E-state index is 0.0947. The van der Waals surface area contributed by atoms with Gasteiger partial charge in [-0.2, -0.15) is 0 Å². The summed E-state index contributed by atoms with van der Waals surface area (Å²) in [6, 6.07) is 22.1. The molecule has 0 amide bonds. The van der Waals surface area contributed by atoms with Gasteiger partial charge in [-0.15, -0.1) is 0 Å². The zero-order chi connectivity index (χ0) is 20.1. The molecular formula is C30H16O. The zero-order valence-electron chi connectivity index (χ0n) is 16.7. The lowest BCUT2D eigenvalue weighted by atomic mass is 9.61. The Hall–Kier alpha value is -3.71. The number of carbonyl (C=O) groups excluding carboxylic acids is 1. The summed E-state index contributed by atoms with van der Waals surface area (Å²) in [6.07, 6.45) is 7.81. The second-order valence-corrected chi connectivity index (χ2v) is 9.64. The molecule has 2 bridgehead atoms. The van der Waals surface area contributed by atoms with Crippen LogP contribution in [0.2, 0.25) is 0 Å². The van der Waals surface area contributed by atoms with Gasteiger partial charge in [-0.1, -0.05) is 66.7 Å². The van der Waals surface area contributed by atoms with E-state index in [4.69, 9.17) is 0 Å². The van der Waals surface area contributed by atoms with Gasteiger partial charge in [0, 0.05) is 22.3 Å². The van der Waals surface area contributed by atoms with Crippen LogP contribution in [0.1, 0.15) is 50.5 Å². The first-order valence-electron chi connectivity index (χ1n) is 11.1. The maximum Gasteiger partial charge on any atom is 0.186 e. The Kier molecular flexibility index (Phi) is 2.19. The molecule has 0 heterocycles. The molecule has 4 aliphatic carbocycles. The number of benzene rings is 5. The third kappa shape index (κ3) is 1.40. The standard InChI is InChI=1S/C30H16O/c31-23-13-20-21-14-30(22-4-2-1-3-18(21)22)12-11-17-8-7-15-5-6-16-9-10-19(23)27-25(16)24(15)26(17)29(30)28(20)27/h1-13,21H,14H2/t21-,30+/m1/s1. The second-order valence-electron chi connectivity index (χ2n) is 9.64. The smallest absolute Gasteiger partial charge is 0.186 e. The lowest BCUT2D eigenvalue weighted by Gasteiger charge is -2.41. The van der Waals surface area contributed by atoms with Crippen LogP contribution in [0.3, 0.4) is 0 Å². The number of allylic oxidation sites excluding steroid dienone is 3. The van der Waals surface area contributed by atoms with E-state index in [0.29, 0.717) is 0 Å². The van der Waals surface area contributed by atoms with Crippen molar-refractivity contribution in [3.05, 3.63) is 106 Å². The van der Waals surface area contributed by atoms with E-state index >= 15 is 0 Å². The van der Waals surface area contributed by atoms with E-state index in [1.807, 2.05) is 6.08 Å². The number of rotatable bonds is 0. The SMILES string of the molecule is O=C1C=C2c3c4c5c(ccc6ccc7ccc1c3c7c65)C=C[C@@]41C[C@@H]2c2ccccc21. The molecule has 31 heavy (non-hydrogen) atoms. The summed E-state index contributed by atoms with van der Waals surface area (Å²) in [5, 5.41) is 7.72. The van der Waals surface area contributed by atoms with Gasteiger partial charge in [-0.05, 0) is 78.9 Å². The Morgan fingerprint density at radius 2 is 1.58 bits per heavy atom. The predicted molar refractivity (Wildman–Crippen MR) is 126 cm³/mol. The largest absolute Gasteiger partial charge is 0.289 e. The van der Waals surface area contributed by atoms with Crippen LogP contribution in [0.15, 0.2) is 72.8 Å². The van der Waals surface area contributed by atoms with Crippen LogP contribution in [0.25, 0.3) is 44.0 Å². The molecule has 142 valence electrons. The number of ketones is 1. The van der Waals surface area contributed by atoms with E-state index in [2.05, 4.69) is 72.8 Å². The summed E-state index contributed by atoms with van der Waals surface area (Å²) in [7, 11) is 0. The Labute approximate surface area is 178 Å². The van der Waals surface area contributed by atoms with Gasteiger partial charge in [0.2, 0.25) is 0 Å². The van der Waals surface area contributed by atoms with Crippen molar-refractivity contribution in [1.82, 2.24) is 0 Å². The van der Waals surface area contributed by atoms with Crippen molar-refractivity contribution in [2.45, 2.75) is 17.8 Å². The lowest BCUT2D eigenvalue weighted by molar-refractivity contribution is 0.104. The molecule has 0 saturated carbocycles. The number of fused-ring (bicyclic) bond motifs is 1. The fourth-order valence-electron chi connectivity index (χ4n) is 7.41. The molecule has 9 rings (SSSR count). The van der Waals surface area contributed by atoms with Crippen LogP contribution < -0.4 is 0 Å². The Balaban J connectivity index is 1.68. The van der Waals surface area contributed by atoms with Gasteiger partial charge in [0.1, 0.15) is 0 Å². The first-order valence-corrected chi connectivity index (χ1v) is 11.1. The molecule has 0 radical (unpaired) electrons. The summed E-state index contributed by atoms with van der Waals surface area (Å²) in [5.74, 6) is 0.453. The normalized spacial score (nSPS) is 23.9. The van der Waals surface area contributed by atoms with Crippen molar-refractivity contribution in [2.24, 2.45) is 0 Å². The quantitative estimate of drug-likeness (QED) is 0.260. The average molecular weight is 392 g/mol. The van der Waals surface area contributed by atoms with E-state index in [0.717, 1.165) is 12.0 Å². The Bertz CT molecular complexity index is 1780. The maximum absolute atomic E-state index is 13.4. The highest BCUT2D eigenvalue weighted by Crippen LogP contribution is 2.66. The van der Waals surface area contributed by atoms with Crippen molar-refractivity contribution < 1.29 is 4.79 Å². The summed E-state index contributed by atoms with van der Waals surface area (Å²) < 4.78 is 0. The highest BCUT2D eigenvalue weighted by atomic mass is 16.1. The molecule has 1 nitrogen and oxygen atoms in total. The Morgan fingerprint density at radius 3 is 2.48 bits per heavy atom. The molecular weight excluding hydrogens is 376 g/mol. The van der Waals surface area contributed by atoms with E-state index < -0.39 is 0 Å². The summed E-state index contributed by atoms with van der Waals surface area (Å²) in [6.45, 7) is 0. The van der Waals surface area contributed by atoms with Crippen LogP contribution in [-0.4, -0.2) is 5.78 Å². The molecule has 0 aliphatic heterocycles. The summed E-state index contributed by atoms with van der Waals surface area (Å²) >= 11 is 0. The van der Waals surface area contributed by atoms with Crippen molar-refractivity contribution in [1.29, 1.82) is 0 Å². The molecule has 4 aliphatic rings.